The maximum atomic E-state index is 9.19. The molecule has 0 saturated carbocycles. The molecule has 0 bridgehead atoms. The summed E-state index contributed by atoms with van der Waals surface area (Å²) in [4.78, 5) is 1.50. The minimum Gasteiger partial charge on any atom is -0.373 e. The Labute approximate surface area is 46.3 Å². The van der Waals surface area contributed by atoms with Crippen molar-refractivity contribution in [3.05, 3.63) is 16.0 Å². The largest absolute Gasteiger partial charge is 0.373 e. The fourth-order valence-corrected chi connectivity index (χ4v) is 0. The zero-order valence-electron chi connectivity index (χ0n) is 4.01. The van der Waals surface area contributed by atoms with Crippen LogP contribution < -0.4 is 0 Å². The van der Waals surface area contributed by atoms with E-state index >= 15 is 0 Å². The average molecular weight is 138 g/mol. The summed E-state index contributed by atoms with van der Waals surface area (Å²) in [7, 11) is -3.67. The van der Waals surface area contributed by atoms with Crippen LogP contribution >= 0.6 is 0 Å². The van der Waals surface area contributed by atoms with Gasteiger partial charge in [0, 0.05) is 0 Å². The highest BCUT2D eigenvalue weighted by molar-refractivity contribution is 7.85. The molecule has 6 nitrogen and oxygen atoms in total. The van der Waals surface area contributed by atoms with E-state index in [4.69, 9.17) is 15.6 Å². The van der Waals surface area contributed by atoms with Crippen molar-refractivity contribution in [2.24, 2.45) is 0 Å². The van der Waals surface area contributed by atoms with Crippen LogP contribution in [0.5, 0.6) is 0 Å². The molecule has 0 aromatic heterocycles. The van der Waals surface area contributed by atoms with Crippen LogP contribution in [0, 0.1) is 0 Å². The predicted molar refractivity (Wildman–Crippen MR) is 27.5 cm³/mol. The zero-order chi connectivity index (χ0) is 7.21. The SMILES string of the molecule is CS(=O)(=O)O.[N-]=[N+]=[N-]. The van der Waals surface area contributed by atoms with Crippen LogP contribution in [0.3, 0.4) is 0 Å². The lowest BCUT2D eigenvalue weighted by Gasteiger charge is -1.69. The molecule has 8 heavy (non-hydrogen) atoms. The number of hydrogen-bond acceptors (Lipinski definition) is 2. The quantitative estimate of drug-likeness (QED) is 0.225. The van der Waals surface area contributed by atoms with Gasteiger partial charge < -0.3 is 11.1 Å². The van der Waals surface area contributed by atoms with Crippen LogP contribution in [0.25, 0.3) is 16.0 Å². The maximum absolute atomic E-state index is 9.19. The van der Waals surface area contributed by atoms with Crippen LogP contribution in [0.1, 0.15) is 0 Å². The summed E-state index contributed by atoms with van der Waals surface area (Å²) < 4.78 is 25.9. The third kappa shape index (κ3) is 153. The molecule has 0 fully saturated rings. The lowest BCUT2D eigenvalue weighted by atomic mass is 12.0. The van der Waals surface area contributed by atoms with E-state index in [0.29, 0.717) is 6.26 Å². The third-order valence-corrected chi connectivity index (χ3v) is 0. The molecule has 0 amide bonds. The zero-order valence-corrected chi connectivity index (χ0v) is 4.83. The molecule has 0 aromatic carbocycles. The van der Waals surface area contributed by atoms with Gasteiger partial charge in [-0.1, -0.05) is 0 Å². The molecular formula is CH4N3O3S-. The van der Waals surface area contributed by atoms with Gasteiger partial charge in [0.1, 0.15) is 0 Å². The molecule has 0 aromatic rings. The van der Waals surface area contributed by atoms with Gasteiger partial charge in [0.25, 0.3) is 10.1 Å². The van der Waals surface area contributed by atoms with Crippen LogP contribution in [0.2, 0.25) is 0 Å². The summed E-state index contributed by atoms with van der Waals surface area (Å²) >= 11 is 0. The fraction of sp³-hybridized carbons (Fsp3) is 1.00. The van der Waals surface area contributed by atoms with E-state index in [1.807, 2.05) is 0 Å². The standard InChI is InChI=1S/CH4O3S.N3/c1-5(2,3)4;1-3-2/h1H3,(H,2,3,4);/q;-1. The summed E-state index contributed by atoms with van der Waals surface area (Å²) in [5, 5.41) is 0. The van der Waals surface area contributed by atoms with Crippen molar-refractivity contribution in [2.75, 3.05) is 6.26 Å². The van der Waals surface area contributed by atoms with Gasteiger partial charge >= 0.3 is 0 Å². The number of nitrogens with zero attached hydrogens (tertiary/aromatic N) is 3. The van der Waals surface area contributed by atoms with Gasteiger partial charge in [-0.3, -0.25) is 9.46 Å². The topological polar surface area (TPSA) is 113 Å². The van der Waals surface area contributed by atoms with Crippen LogP contribution in [-0.2, 0) is 10.1 Å². The van der Waals surface area contributed by atoms with E-state index in [1.165, 1.54) is 4.91 Å². The molecule has 0 aliphatic heterocycles. The van der Waals surface area contributed by atoms with Crippen LogP contribution in [0.15, 0.2) is 0 Å². The van der Waals surface area contributed by atoms with Gasteiger partial charge in [0.05, 0.1) is 6.26 Å². The lowest BCUT2D eigenvalue weighted by Crippen LogP contribution is -1.88. The van der Waals surface area contributed by atoms with Crippen LogP contribution in [0.4, 0.5) is 0 Å². The molecule has 48 valence electrons. The Bertz CT molecular complexity index is 155. The van der Waals surface area contributed by atoms with E-state index in [2.05, 4.69) is 0 Å². The Hall–Kier alpha value is -0.780. The minimum atomic E-state index is -3.67. The molecule has 7 heteroatoms. The van der Waals surface area contributed by atoms with Gasteiger partial charge in [0.15, 0.2) is 0 Å². The average Bonchev–Trinajstić information content (AvgIpc) is 1.27. The smallest absolute Gasteiger partial charge is 0.261 e. The molecule has 0 unspecified atom stereocenters. The first-order chi connectivity index (χ1) is 3.41. The molecule has 0 heterocycles. The highest BCUT2D eigenvalue weighted by Crippen LogP contribution is 1.60. The van der Waals surface area contributed by atoms with Crippen molar-refractivity contribution in [1.29, 1.82) is 0 Å². The second kappa shape index (κ2) is 4.38. The molecule has 0 atom stereocenters. The second-order valence-electron chi connectivity index (χ2n) is 0.822. The molecule has 0 rings (SSSR count). The predicted octanol–water partition coefficient (Wildman–Crippen LogP) is 0.370. The third-order valence-electron chi connectivity index (χ3n) is 0. The Balaban J connectivity index is 0. The molecule has 1 N–H and O–H groups in total. The first-order valence-corrected chi connectivity index (χ1v) is 3.17. The Morgan fingerprint density at radius 2 is 1.50 bits per heavy atom. The first-order valence-electron chi connectivity index (χ1n) is 1.32. The Morgan fingerprint density at radius 3 is 1.50 bits per heavy atom. The van der Waals surface area contributed by atoms with Crippen LogP contribution in [-0.4, -0.2) is 19.2 Å². The summed E-state index contributed by atoms with van der Waals surface area (Å²) in [6.45, 7) is 0. The van der Waals surface area contributed by atoms with Gasteiger partial charge in [0.2, 0.25) is 0 Å². The van der Waals surface area contributed by atoms with Gasteiger partial charge in [-0.2, -0.15) is 8.42 Å². The van der Waals surface area contributed by atoms with Crippen molar-refractivity contribution in [1.82, 2.24) is 0 Å². The van der Waals surface area contributed by atoms with E-state index in [9.17, 15) is 8.42 Å². The van der Waals surface area contributed by atoms with Gasteiger partial charge in [-0.05, 0) is 0 Å². The highest BCUT2D eigenvalue weighted by Gasteiger charge is 1.81. The second-order valence-corrected chi connectivity index (χ2v) is 2.29. The molecular weight excluding hydrogens is 134 g/mol. The molecule has 0 saturated heterocycles. The monoisotopic (exact) mass is 138 g/mol. The van der Waals surface area contributed by atoms with Crippen molar-refractivity contribution in [3.63, 3.8) is 0 Å². The van der Waals surface area contributed by atoms with E-state index < -0.39 is 10.1 Å². The minimum absolute atomic E-state index is 0.715. The Morgan fingerprint density at radius 1 is 1.50 bits per heavy atom. The maximum Gasteiger partial charge on any atom is 0.261 e. The van der Waals surface area contributed by atoms with Crippen molar-refractivity contribution in [2.45, 2.75) is 0 Å². The number of hydrogen-bond donors (Lipinski definition) is 1. The van der Waals surface area contributed by atoms with Crippen molar-refractivity contribution >= 4 is 10.1 Å². The van der Waals surface area contributed by atoms with Gasteiger partial charge in [-0.15, -0.1) is 0 Å². The first kappa shape index (κ1) is 10.3. The summed E-state index contributed by atoms with van der Waals surface area (Å²) in [5.41, 5.74) is 13.5. The van der Waals surface area contributed by atoms with E-state index in [0.717, 1.165) is 0 Å². The van der Waals surface area contributed by atoms with E-state index in [1.54, 1.807) is 0 Å². The molecule has 0 spiro atoms. The Kier molecular flexibility index (Phi) is 5.61. The fourth-order valence-electron chi connectivity index (χ4n) is 0. The van der Waals surface area contributed by atoms with Crippen molar-refractivity contribution < 1.29 is 13.0 Å². The molecule has 0 radical (unpaired) electrons. The normalized spacial score (nSPS) is 8.25. The van der Waals surface area contributed by atoms with E-state index in [-0.39, 0.29) is 0 Å². The molecule has 0 aliphatic carbocycles. The summed E-state index contributed by atoms with van der Waals surface area (Å²) in [5.74, 6) is 0. The summed E-state index contributed by atoms with van der Waals surface area (Å²) in [6.07, 6.45) is 0.715. The van der Waals surface area contributed by atoms with Crippen molar-refractivity contribution in [3.8, 4) is 0 Å². The summed E-state index contributed by atoms with van der Waals surface area (Å²) in [6, 6.07) is 0. The highest BCUT2D eigenvalue weighted by atomic mass is 32.2. The molecule has 0 aliphatic rings. The van der Waals surface area contributed by atoms with Gasteiger partial charge in [-0.25, -0.2) is 0 Å². The lowest BCUT2D eigenvalue weighted by molar-refractivity contribution is 0.490. The number of rotatable bonds is 0.